The molecule has 0 spiro atoms. The molecule has 0 bridgehead atoms. The summed E-state index contributed by atoms with van der Waals surface area (Å²) in [4.78, 5) is 0. The van der Waals surface area contributed by atoms with E-state index in [0.717, 1.165) is 5.39 Å². The van der Waals surface area contributed by atoms with Crippen molar-refractivity contribution < 1.29 is 13.5 Å². The van der Waals surface area contributed by atoms with Crippen molar-refractivity contribution >= 4 is 11.0 Å². The lowest BCUT2D eigenvalue weighted by molar-refractivity contribution is -0.00192. The molecule has 20 heavy (non-hydrogen) atoms. The third-order valence-corrected chi connectivity index (χ3v) is 3.33. The largest absolute Gasteiger partial charge is 0.459 e. The Balaban J connectivity index is 2.37. The second kappa shape index (κ2) is 6.35. The first-order valence-electron chi connectivity index (χ1n) is 6.83. The molecule has 0 amide bonds. The van der Waals surface area contributed by atoms with Crippen molar-refractivity contribution in [1.29, 1.82) is 0 Å². The van der Waals surface area contributed by atoms with Crippen LogP contribution >= 0.6 is 0 Å². The van der Waals surface area contributed by atoms with Crippen molar-refractivity contribution in [1.82, 2.24) is 5.43 Å². The van der Waals surface area contributed by atoms with Gasteiger partial charge in [-0.05, 0) is 37.1 Å². The quantitative estimate of drug-likeness (QED) is 0.630. The van der Waals surface area contributed by atoms with Gasteiger partial charge < -0.3 is 9.15 Å². The Morgan fingerprint density at radius 2 is 2.10 bits per heavy atom. The molecule has 2 unspecified atom stereocenters. The van der Waals surface area contributed by atoms with Gasteiger partial charge in [0.15, 0.2) is 0 Å². The second-order valence-corrected chi connectivity index (χ2v) is 5.14. The highest BCUT2D eigenvalue weighted by Gasteiger charge is 2.28. The van der Waals surface area contributed by atoms with E-state index >= 15 is 0 Å². The molecule has 0 saturated heterocycles. The highest BCUT2D eigenvalue weighted by atomic mass is 19.1. The molecular weight excluding hydrogens is 259 g/mol. The first-order valence-corrected chi connectivity index (χ1v) is 6.83. The molecule has 110 valence electrons. The lowest BCUT2D eigenvalue weighted by Crippen LogP contribution is -2.40. The topological polar surface area (TPSA) is 60.4 Å². The first kappa shape index (κ1) is 15.0. The molecule has 4 nitrogen and oxygen atoms in total. The van der Waals surface area contributed by atoms with Gasteiger partial charge in [-0.1, -0.05) is 13.8 Å². The van der Waals surface area contributed by atoms with E-state index in [9.17, 15) is 4.39 Å². The van der Waals surface area contributed by atoms with Crippen molar-refractivity contribution in [3.8, 4) is 0 Å². The number of hydrogen-bond donors (Lipinski definition) is 2. The summed E-state index contributed by atoms with van der Waals surface area (Å²) < 4.78 is 24.7. The van der Waals surface area contributed by atoms with E-state index < -0.39 is 0 Å². The molecule has 2 atom stereocenters. The smallest absolute Gasteiger partial charge is 0.134 e. The lowest BCUT2D eigenvalue weighted by atomic mass is 9.98. The number of furan rings is 1. The van der Waals surface area contributed by atoms with E-state index in [0.29, 0.717) is 18.0 Å². The predicted molar refractivity (Wildman–Crippen MR) is 76.5 cm³/mol. The van der Waals surface area contributed by atoms with Crippen LogP contribution in [-0.2, 0) is 4.74 Å². The summed E-state index contributed by atoms with van der Waals surface area (Å²) in [7, 11) is 0. The molecule has 0 radical (unpaired) electrons. The Kier molecular flexibility index (Phi) is 4.75. The van der Waals surface area contributed by atoms with E-state index in [1.807, 2.05) is 6.92 Å². The van der Waals surface area contributed by atoms with Gasteiger partial charge >= 0.3 is 0 Å². The summed E-state index contributed by atoms with van der Waals surface area (Å²) in [5.41, 5.74) is 3.39. The summed E-state index contributed by atoms with van der Waals surface area (Å²) in [6.45, 7) is 6.66. The third-order valence-electron chi connectivity index (χ3n) is 3.33. The predicted octanol–water partition coefficient (Wildman–Crippen LogP) is 3.14. The molecule has 0 aliphatic carbocycles. The minimum Gasteiger partial charge on any atom is -0.459 e. The SMILES string of the molecule is CCOC(C(C)C)C(NN)c1cc2cc(F)ccc2o1. The van der Waals surface area contributed by atoms with Crippen molar-refractivity contribution in [2.75, 3.05) is 6.61 Å². The molecule has 2 rings (SSSR count). The van der Waals surface area contributed by atoms with Crippen LogP contribution in [-0.4, -0.2) is 12.7 Å². The van der Waals surface area contributed by atoms with Crippen LogP contribution in [0.2, 0.25) is 0 Å². The highest BCUT2D eigenvalue weighted by Crippen LogP contribution is 2.29. The fraction of sp³-hybridized carbons (Fsp3) is 0.467. The monoisotopic (exact) mass is 280 g/mol. The van der Waals surface area contributed by atoms with Gasteiger partial charge in [-0.25, -0.2) is 9.82 Å². The van der Waals surface area contributed by atoms with Crippen LogP contribution in [0, 0.1) is 11.7 Å². The molecule has 0 saturated carbocycles. The lowest BCUT2D eigenvalue weighted by Gasteiger charge is -2.28. The summed E-state index contributed by atoms with van der Waals surface area (Å²) in [5.74, 6) is 6.29. The summed E-state index contributed by atoms with van der Waals surface area (Å²) in [5, 5.41) is 0.722. The number of halogens is 1. The Morgan fingerprint density at radius 1 is 1.35 bits per heavy atom. The molecule has 0 fully saturated rings. The number of rotatable bonds is 6. The molecule has 0 aliphatic heterocycles. The number of nitrogens with two attached hydrogens (primary N) is 1. The van der Waals surface area contributed by atoms with Gasteiger partial charge in [0.2, 0.25) is 0 Å². The van der Waals surface area contributed by atoms with E-state index in [-0.39, 0.29) is 23.9 Å². The van der Waals surface area contributed by atoms with Crippen molar-refractivity contribution in [2.24, 2.45) is 11.8 Å². The zero-order valence-electron chi connectivity index (χ0n) is 12.0. The molecule has 2 aromatic rings. The molecule has 5 heteroatoms. The molecule has 1 heterocycles. The highest BCUT2D eigenvalue weighted by molar-refractivity contribution is 5.78. The molecular formula is C15H21FN2O2. The number of benzene rings is 1. The van der Waals surface area contributed by atoms with Gasteiger partial charge in [-0.2, -0.15) is 0 Å². The Hall–Kier alpha value is -1.43. The van der Waals surface area contributed by atoms with Gasteiger partial charge in [0.1, 0.15) is 23.2 Å². The fourth-order valence-corrected chi connectivity index (χ4v) is 2.39. The van der Waals surface area contributed by atoms with E-state index in [1.165, 1.54) is 12.1 Å². The van der Waals surface area contributed by atoms with Crippen molar-refractivity contribution in [2.45, 2.75) is 32.9 Å². The zero-order valence-corrected chi connectivity index (χ0v) is 12.0. The number of hydrazine groups is 1. The Labute approximate surface area is 118 Å². The minimum absolute atomic E-state index is 0.115. The maximum absolute atomic E-state index is 13.2. The van der Waals surface area contributed by atoms with Crippen LogP contribution in [0.15, 0.2) is 28.7 Å². The standard InChI is InChI=1S/C15H21FN2O2/c1-4-19-15(9(2)3)14(18-17)13-8-10-7-11(16)5-6-12(10)20-13/h5-9,14-15,18H,4,17H2,1-3H3. The van der Waals surface area contributed by atoms with Crippen molar-refractivity contribution in [3.63, 3.8) is 0 Å². The van der Waals surface area contributed by atoms with E-state index in [2.05, 4.69) is 19.3 Å². The maximum Gasteiger partial charge on any atom is 0.134 e. The van der Waals surface area contributed by atoms with Crippen LogP contribution in [0.1, 0.15) is 32.6 Å². The third kappa shape index (κ3) is 3.00. The van der Waals surface area contributed by atoms with Crippen LogP contribution in [0.4, 0.5) is 4.39 Å². The molecule has 1 aromatic heterocycles. The fourth-order valence-electron chi connectivity index (χ4n) is 2.39. The zero-order chi connectivity index (χ0) is 14.7. The Morgan fingerprint density at radius 3 is 2.70 bits per heavy atom. The van der Waals surface area contributed by atoms with Crippen molar-refractivity contribution in [3.05, 3.63) is 35.8 Å². The average Bonchev–Trinajstić information content (AvgIpc) is 2.81. The number of fused-ring (bicyclic) bond motifs is 1. The van der Waals surface area contributed by atoms with E-state index in [4.69, 9.17) is 15.0 Å². The molecule has 3 N–H and O–H groups in total. The van der Waals surface area contributed by atoms with Gasteiger partial charge in [-0.15, -0.1) is 0 Å². The maximum atomic E-state index is 13.2. The summed E-state index contributed by atoms with van der Waals surface area (Å²) in [6, 6.07) is 5.97. The second-order valence-electron chi connectivity index (χ2n) is 5.14. The summed E-state index contributed by atoms with van der Waals surface area (Å²) in [6.07, 6.45) is -0.115. The first-order chi connectivity index (χ1) is 9.56. The van der Waals surface area contributed by atoms with Gasteiger partial charge in [0.25, 0.3) is 0 Å². The van der Waals surface area contributed by atoms with Gasteiger partial charge in [-0.3, -0.25) is 5.84 Å². The van der Waals surface area contributed by atoms with Gasteiger partial charge in [0.05, 0.1) is 6.10 Å². The molecule has 0 aliphatic rings. The average molecular weight is 280 g/mol. The van der Waals surface area contributed by atoms with Crippen LogP contribution < -0.4 is 11.3 Å². The van der Waals surface area contributed by atoms with E-state index in [1.54, 1.807) is 12.1 Å². The van der Waals surface area contributed by atoms with Crippen LogP contribution in [0.25, 0.3) is 11.0 Å². The van der Waals surface area contributed by atoms with Crippen LogP contribution in [0.3, 0.4) is 0 Å². The minimum atomic E-state index is -0.285. The number of ether oxygens (including phenoxy) is 1. The van der Waals surface area contributed by atoms with Crippen LogP contribution in [0.5, 0.6) is 0 Å². The number of nitrogens with one attached hydrogen (secondary N) is 1. The van der Waals surface area contributed by atoms with Gasteiger partial charge in [0, 0.05) is 12.0 Å². The molecule has 1 aromatic carbocycles. The summed E-state index contributed by atoms with van der Waals surface area (Å²) >= 11 is 0. The number of hydrogen-bond acceptors (Lipinski definition) is 4. The Bertz CT molecular complexity index is 568. The normalized spacial score (nSPS) is 14.9.